The van der Waals surface area contributed by atoms with Gasteiger partial charge in [-0.15, -0.1) is 0 Å². The fourth-order valence-corrected chi connectivity index (χ4v) is 3.75. The second-order valence-electron chi connectivity index (χ2n) is 6.80. The molecule has 0 aliphatic heterocycles. The number of fused-ring (bicyclic) bond motifs is 4. The summed E-state index contributed by atoms with van der Waals surface area (Å²) in [5.74, 6) is 5.81. The van der Waals surface area contributed by atoms with E-state index in [1.807, 2.05) is 24.3 Å². The van der Waals surface area contributed by atoms with Gasteiger partial charge in [0.1, 0.15) is 24.1 Å². The smallest absolute Gasteiger partial charge is 0.407 e. The molecule has 0 bridgehead atoms. The molecule has 1 aliphatic carbocycles. The Morgan fingerprint density at radius 1 is 1.03 bits per heavy atom. The predicted molar refractivity (Wildman–Crippen MR) is 112 cm³/mol. The molecule has 2 N–H and O–H groups in total. The molecule has 0 unspecified atom stereocenters. The zero-order valence-corrected chi connectivity index (χ0v) is 15.9. The van der Waals surface area contributed by atoms with Gasteiger partial charge in [-0.25, -0.2) is 19.7 Å². The fourth-order valence-electron chi connectivity index (χ4n) is 3.75. The first-order chi connectivity index (χ1) is 14.8. The third-order valence-corrected chi connectivity index (χ3v) is 5.09. The van der Waals surface area contributed by atoms with Gasteiger partial charge in [0, 0.05) is 5.92 Å². The molecule has 0 atom stereocenters. The summed E-state index contributed by atoms with van der Waals surface area (Å²) in [5.41, 5.74) is 6.51. The summed E-state index contributed by atoms with van der Waals surface area (Å²) in [6, 6.07) is 16.5. The van der Waals surface area contributed by atoms with Crippen molar-refractivity contribution in [3.05, 3.63) is 78.0 Å². The van der Waals surface area contributed by atoms with Gasteiger partial charge in [0.25, 0.3) is 0 Å². The van der Waals surface area contributed by atoms with Gasteiger partial charge in [-0.1, -0.05) is 54.5 Å². The maximum Gasteiger partial charge on any atom is 0.407 e. The number of aromatic amines is 1. The first-order valence-corrected chi connectivity index (χ1v) is 9.53. The molecule has 1 amide bonds. The highest BCUT2D eigenvalue weighted by Gasteiger charge is 2.28. The number of nitrogens with zero attached hydrogens (tertiary/aromatic N) is 3. The van der Waals surface area contributed by atoms with E-state index in [9.17, 15) is 4.79 Å². The molecule has 1 aliphatic rings. The first kappa shape index (κ1) is 17.9. The number of benzene rings is 2. The molecule has 2 aromatic heterocycles. The minimum Gasteiger partial charge on any atom is -0.449 e. The summed E-state index contributed by atoms with van der Waals surface area (Å²) in [4.78, 5) is 27.4. The standard InChI is InChI=1S/C23H17N5O2/c29-23(24-11-5-10-20-21-22(27-13-25-20)28-14-26-21)30-12-19-17-8-3-1-6-15(17)16-7-2-4-9-18(16)19/h1-4,6-9,13-14,19H,11-12H2,(H,24,29)(H,25,26,27,28). The van der Waals surface area contributed by atoms with Crippen LogP contribution in [0.15, 0.2) is 61.2 Å². The Kier molecular flexibility index (Phi) is 4.58. The van der Waals surface area contributed by atoms with Crippen LogP contribution in [-0.2, 0) is 4.74 Å². The van der Waals surface area contributed by atoms with E-state index in [0.29, 0.717) is 16.9 Å². The quantitative estimate of drug-likeness (QED) is 0.520. The number of imidazole rings is 1. The van der Waals surface area contributed by atoms with Crippen LogP contribution in [0.25, 0.3) is 22.3 Å². The average molecular weight is 395 g/mol. The lowest BCUT2D eigenvalue weighted by Gasteiger charge is -2.14. The van der Waals surface area contributed by atoms with E-state index >= 15 is 0 Å². The summed E-state index contributed by atoms with van der Waals surface area (Å²) in [6.07, 6.45) is 2.45. The third kappa shape index (κ3) is 3.25. The van der Waals surface area contributed by atoms with E-state index < -0.39 is 6.09 Å². The lowest BCUT2D eigenvalue weighted by molar-refractivity contribution is 0.144. The van der Waals surface area contributed by atoms with Crippen molar-refractivity contribution in [1.82, 2.24) is 25.3 Å². The van der Waals surface area contributed by atoms with Crippen molar-refractivity contribution in [2.24, 2.45) is 0 Å². The Labute approximate surface area is 172 Å². The summed E-state index contributed by atoms with van der Waals surface area (Å²) < 4.78 is 5.49. The number of carbonyl (C=O) groups excluding carboxylic acids is 1. The highest BCUT2D eigenvalue weighted by Crippen LogP contribution is 2.44. The van der Waals surface area contributed by atoms with Crippen LogP contribution in [0.1, 0.15) is 22.7 Å². The van der Waals surface area contributed by atoms with E-state index in [0.717, 1.165) is 0 Å². The Hall–Kier alpha value is -4.18. The van der Waals surface area contributed by atoms with Crippen molar-refractivity contribution in [3.8, 4) is 23.0 Å². The van der Waals surface area contributed by atoms with Crippen molar-refractivity contribution in [2.75, 3.05) is 13.2 Å². The summed E-state index contributed by atoms with van der Waals surface area (Å²) in [5, 5.41) is 2.66. The van der Waals surface area contributed by atoms with E-state index in [1.54, 1.807) is 6.33 Å². The largest absolute Gasteiger partial charge is 0.449 e. The van der Waals surface area contributed by atoms with Crippen molar-refractivity contribution in [1.29, 1.82) is 0 Å². The number of hydrogen-bond donors (Lipinski definition) is 2. The molecular formula is C23H17N5O2. The van der Waals surface area contributed by atoms with Gasteiger partial charge in [0.2, 0.25) is 0 Å². The Balaban J connectivity index is 1.21. The number of hydrogen-bond acceptors (Lipinski definition) is 5. The molecular weight excluding hydrogens is 378 g/mol. The number of nitrogens with one attached hydrogen (secondary N) is 2. The maximum atomic E-state index is 12.2. The number of amides is 1. The van der Waals surface area contributed by atoms with Crippen LogP contribution >= 0.6 is 0 Å². The fraction of sp³-hybridized carbons (Fsp3) is 0.130. The lowest BCUT2D eigenvalue weighted by atomic mass is 9.98. The molecule has 7 heteroatoms. The second-order valence-corrected chi connectivity index (χ2v) is 6.80. The molecule has 0 saturated carbocycles. The molecule has 0 saturated heterocycles. The molecule has 2 aromatic carbocycles. The van der Waals surface area contributed by atoms with Crippen LogP contribution < -0.4 is 5.32 Å². The van der Waals surface area contributed by atoms with Crippen molar-refractivity contribution in [3.63, 3.8) is 0 Å². The number of rotatable bonds is 3. The minimum atomic E-state index is -0.500. The van der Waals surface area contributed by atoms with E-state index in [2.05, 4.69) is 61.4 Å². The highest BCUT2D eigenvalue weighted by atomic mass is 16.5. The van der Waals surface area contributed by atoms with Gasteiger partial charge in [-0.2, -0.15) is 0 Å². The SMILES string of the molecule is O=C(NCC#Cc1ncnc2nc[nH]c12)OCC1c2ccccc2-c2ccccc21. The highest BCUT2D eigenvalue weighted by molar-refractivity contribution is 5.79. The zero-order chi connectivity index (χ0) is 20.3. The monoisotopic (exact) mass is 395 g/mol. The van der Waals surface area contributed by atoms with Gasteiger partial charge in [0.15, 0.2) is 5.65 Å². The van der Waals surface area contributed by atoms with Crippen molar-refractivity contribution < 1.29 is 9.53 Å². The molecule has 5 rings (SSSR count). The average Bonchev–Trinajstić information content (AvgIpc) is 3.39. The molecule has 4 aromatic rings. The summed E-state index contributed by atoms with van der Waals surface area (Å²) in [6.45, 7) is 0.421. The van der Waals surface area contributed by atoms with Crippen molar-refractivity contribution >= 4 is 17.3 Å². The van der Waals surface area contributed by atoms with Gasteiger partial charge < -0.3 is 15.0 Å². The number of carbonyl (C=O) groups is 1. The van der Waals surface area contributed by atoms with Crippen LogP contribution in [0, 0.1) is 11.8 Å². The minimum absolute atomic E-state index is 0.0314. The second kappa shape index (κ2) is 7.68. The molecule has 2 heterocycles. The Morgan fingerprint density at radius 3 is 2.53 bits per heavy atom. The first-order valence-electron chi connectivity index (χ1n) is 9.53. The predicted octanol–water partition coefficient (Wildman–Crippen LogP) is 3.24. The summed E-state index contributed by atoms with van der Waals surface area (Å²) in [7, 11) is 0. The molecule has 0 fully saturated rings. The van der Waals surface area contributed by atoms with Crippen LogP contribution in [-0.4, -0.2) is 39.2 Å². The normalized spacial score (nSPS) is 12.0. The van der Waals surface area contributed by atoms with Crippen LogP contribution in [0.2, 0.25) is 0 Å². The Bertz CT molecular complexity index is 1260. The number of alkyl carbamates (subject to hydrolysis) is 1. The van der Waals surface area contributed by atoms with Crippen LogP contribution in [0.4, 0.5) is 4.79 Å². The lowest BCUT2D eigenvalue weighted by Crippen LogP contribution is -2.26. The van der Waals surface area contributed by atoms with Gasteiger partial charge in [-0.3, -0.25) is 0 Å². The Morgan fingerprint density at radius 2 is 1.77 bits per heavy atom. The number of ether oxygens (including phenoxy) is 1. The number of aromatic nitrogens is 4. The molecule has 0 radical (unpaired) electrons. The van der Waals surface area contributed by atoms with Gasteiger partial charge >= 0.3 is 6.09 Å². The number of H-pyrrole nitrogens is 1. The van der Waals surface area contributed by atoms with Crippen molar-refractivity contribution in [2.45, 2.75) is 5.92 Å². The maximum absolute atomic E-state index is 12.2. The van der Waals surface area contributed by atoms with Gasteiger partial charge in [-0.05, 0) is 28.2 Å². The van der Waals surface area contributed by atoms with E-state index in [1.165, 1.54) is 28.6 Å². The molecule has 30 heavy (non-hydrogen) atoms. The summed E-state index contributed by atoms with van der Waals surface area (Å²) >= 11 is 0. The van der Waals surface area contributed by atoms with Crippen LogP contribution in [0.3, 0.4) is 0 Å². The van der Waals surface area contributed by atoms with Gasteiger partial charge in [0.05, 0.1) is 12.9 Å². The molecule has 0 spiro atoms. The van der Waals surface area contributed by atoms with Crippen LogP contribution in [0.5, 0.6) is 0 Å². The zero-order valence-electron chi connectivity index (χ0n) is 15.9. The third-order valence-electron chi connectivity index (χ3n) is 5.09. The van der Waals surface area contributed by atoms with E-state index in [4.69, 9.17) is 4.74 Å². The topological polar surface area (TPSA) is 92.8 Å². The molecule has 146 valence electrons. The molecule has 7 nitrogen and oxygen atoms in total. The van der Waals surface area contributed by atoms with E-state index in [-0.39, 0.29) is 19.1 Å².